The summed E-state index contributed by atoms with van der Waals surface area (Å²) in [6, 6.07) is 0. The zero-order chi connectivity index (χ0) is 10.5. The van der Waals surface area contributed by atoms with Crippen LogP contribution in [0, 0.1) is 0 Å². The molecule has 0 aromatic rings. The highest BCUT2D eigenvalue weighted by atomic mass is 16.7. The van der Waals surface area contributed by atoms with Crippen LogP contribution < -0.4 is 0 Å². The molecule has 0 radical (unpaired) electrons. The van der Waals surface area contributed by atoms with Crippen molar-refractivity contribution in [2.45, 2.75) is 44.9 Å². The molecule has 0 rings (SSSR count). The molecule has 0 bridgehead atoms. The van der Waals surface area contributed by atoms with Crippen LogP contribution in [0.1, 0.15) is 44.9 Å². The van der Waals surface area contributed by atoms with E-state index >= 15 is 0 Å². The van der Waals surface area contributed by atoms with Crippen molar-refractivity contribution in [1.29, 1.82) is 0 Å². The fraction of sp³-hybridized carbons (Fsp3) is 0.909. The molecular formula is C11H22O3. The summed E-state index contributed by atoms with van der Waals surface area (Å²) in [7, 11) is 1.63. The van der Waals surface area contributed by atoms with Crippen molar-refractivity contribution in [3.8, 4) is 0 Å². The van der Waals surface area contributed by atoms with Gasteiger partial charge in [-0.05, 0) is 12.8 Å². The van der Waals surface area contributed by atoms with Crippen LogP contribution in [0.5, 0.6) is 0 Å². The van der Waals surface area contributed by atoms with Gasteiger partial charge < -0.3 is 14.3 Å². The number of hydrogen-bond donors (Lipinski definition) is 0. The number of carbonyl (C=O) groups excluding carboxylic acids is 1. The van der Waals surface area contributed by atoms with Crippen molar-refractivity contribution in [3.05, 3.63) is 0 Å². The van der Waals surface area contributed by atoms with Crippen molar-refractivity contribution in [1.82, 2.24) is 0 Å². The quantitative estimate of drug-likeness (QED) is 0.293. The summed E-state index contributed by atoms with van der Waals surface area (Å²) in [6.07, 6.45) is 8.74. The number of hydrogen-bond acceptors (Lipinski definition) is 3. The average molecular weight is 202 g/mol. The van der Waals surface area contributed by atoms with Crippen molar-refractivity contribution in [3.63, 3.8) is 0 Å². The first kappa shape index (κ1) is 13.6. The Labute approximate surface area is 86.8 Å². The monoisotopic (exact) mass is 202 g/mol. The summed E-state index contributed by atoms with van der Waals surface area (Å²) in [4.78, 5) is 10.0. The van der Waals surface area contributed by atoms with E-state index in [4.69, 9.17) is 9.47 Å². The summed E-state index contributed by atoms with van der Waals surface area (Å²) in [6.45, 7) is 1.20. The molecule has 0 N–H and O–H groups in total. The normalized spacial score (nSPS) is 10.4. The number of aldehydes is 1. The van der Waals surface area contributed by atoms with Gasteiger partial charge in [0.05, 0.1) is 0 Å². The van der Waals surface area contributed by atoms with Gasteiger partial charge in [-0.1, -0.05) is 25.7 Å². The first-order valence-corrected chi connectivity index (χ1v) is 5.42. The summed E-state index contributed by atoms with van der Waals surface area (Å²) < 4.78 is 9.92. The maximum absolute atomic E-state index is 10.0. The van der Waals surface area contributed by atoms with Crippen LogP contribution in [0.25, 0.3) is 0 Å². The zero-order valence-electron chi connectivity index (χ0n) is 9.17. The lowest BCUT2D eigenvalue weighted by Crippen LogP contribution is -1.98. The maximum atomic E-state index is 10.0. The fourth-order valence-corrected chi connectivity index (χ4v) is 1.28. The summed E-state index contributed by atoms with van der Waals surface area (Å²) in [5, 5.41) is 0. The van der Waals surface area contributed by atoms with E-state index in [1.165, 1.54) is 25.7 Å². The minimum absolute atomic E-state index is 0.402. The van der Waals surface area contributed by atoms with Gasteiger partial charge in [0.25, 0.3) is 0 Å². The van der Waals surface area contributed by atoms with E-state index in [9.17, 15) is 4.79 Å². The van der Waals surface area contributed by atoms with Crippen LogP contribution in [0.4, 0.5) is 0 Å². The van der Waals surface area contributed by atoms with E-state index in [-0.39, 0.29) is 0 Å². The predicted molar refractivity (Wildman–Crippen MR) is 56.2 cm³/mol. The SMILES string of the molecule is COCOCCCCCCCCC=O. The van der Waals surface area contributed by atoms with E-state index in [1.54, 1.807) is 7.11 Å². The van der Waals surface area contributed by atoms with Crippen LogP contribution in [-0.2, 0) is 14.3 Å². The molecule has 0 amide bonds. The third-order valence-corrected chi connectivity index (χ3v) is 2.06. The molecule has 0 aliphatic carbocycles. The Hall–Kier alpha value is -0.410. The van der Waals surface area contributed by atoms with E-state index in [0.29, 0.717) is 6.79 Å². The molecule has 3 nitrogen and oxygen atoms in total. The molecule has 0 saturated carbocycles. The Bertz CT molecular complexity index is 115. The molecule has 0 saturated heterocycles. The van der Waals surface area contributed by atoms with Crippen molar-refractivity contribution in [2.24, 2.45) is 0 Å². The summed E-state index contributed by atoms with van der Waals surface area (Å²) in [5.74, 6) is 0. The number of ether oxygens (including phenoxy) is 2. The fourth-order valence-electron chi connectivity index (χ4n) is 1.28. The highest BCUT2D eigenvalue weighted by molar-refractivity contribution is 5.48. The number of methoxy groups -OCH3 is 1. The summed E-state index contributed by atoms with van der Waals surface area (Å²) in [5.41, 5.74) is 0. The second-order valence-corrected chi connectivity index (χ2v) is 3.39. The van der Waals surface area contributed by atoms with Crippen LogP contribution >= 0.6 is 0 Å². The van der Waals surface area contributed by atoms with Gasteiger partial charge >= 0.3 is 0 Å². The minimum Gasteiger partial charge on any atom is -0.359 e. The van der Waals surface area contributed by atoms with Crippen molar-refractivity contribution >= 4 is 6.29 Å². The number of rotatable bonds is 11. The van der Waals surface area contributed by atoms with Gasteiger partial charge in [0.15, 0.2) is 0 Å². The first-order chi connectivity index (χ1) is 6.91. The second kappa shape index (κ2) is 12.6. The molecule has 0 atom stereocenters. The minimum atomic E-state index is 0.402. The average Bonchev–Trinajstić information content (AvgIpc) is 2.21. The topological polar surface area (TPSA) is 35.5 Å². The van der Waals surface area contributed by atoms with Gasteiger partial charge in [-0.3, -0.25) is 0 Å². The molecular weight excluding hydrogens is 180 g/mol. The lowest BCUT2D eigenvalue weighted by molar-refractivity contribution is -0.107. The lowest BCUT2D eigenvalue weighted by atomic mass is 10.1. The molecule has 0 unspecified atom stereocenters. The van der Waals surface area contributed by atoms with Gasteiger partial charge in [0.2, 0.25) is 0 Å². The van der Waals surface area contributed by atoms with Crippen molar-refractivity contribution in [2.75, 3.05) is 20.5 Å². The van der Waals surface area contributed by atoms with E-state index < -0.39 is 0 Å². The molecule has 84 valence electrons. The number of unbranched alkanes of at least 4 members (excludes halogenated alkanes) is 6. The van der Waals surface area contributed by atoms with Gasteiger partial charge in [-0.25, -0.2) is 0 Å². The lowest BCUT2D eigenvalue weighted by Gasteiger charge is -2.02. The Morgan fingerprint density at radius 3 is 2.29 bits per heavy atom. The predicted octanol–water partition coefficient (Wildman–Crippen LogP) is 2.54. The van der Waals surface area contributed by atoms with E-state index in [2.05, 4.69) is 0 Å². The van der Waals surface area contributed by atoms with Gasteiger partial charge in [-0.15, -0.1) is 0 Å². The van der Waals surface area contributed by atoms with Gasteiger partial charge in [0, 0.05) is 20.1 Å². The van der Waals surface area contributed by atoms with E-state index in [1.807, 2.05) is 0 Å². The molecule has 14 heavy (non-hydrogen) atoms. The standard InChI is InChI=1S/C11H22O3/c1-13-11-14-10-8-6-4-2-3-5-7-9-12/h9H,2-8,10-11H2,1H3. The molecule has 0 fully saturated rings. The van der Waals surface area contributed by atoms with Gasteiger partial charge in [0.1, 0.15) is 13.1 Å². The number of carbonyl (C=O) groups is 1. The van der Waals surface area contributed by atoms with Crippen molar-refractivity contribution < 1.29 is 14.3 Å². The largest absolute Gasteiger partial charge is 0.359 e. The Kier molecular flexibility index (Phi) is 12.2. The Morgan fingerprint density at radius 2 is 1.64 bits per heavy atom. The molecule has 0 aromatic carbocycles. The molecule has 0 aromatic heterocycles. The molecule has 0 heterocycles. The van der Waals surface area contributed by atoms with Gasteiger partial charge in [-0.2, -0.15) is 0 Å². The Balaban J connectivity index is 2.81. The van der Waals surface area contributed by atoms with Crippen LogP contribution in [-0.4, -0.2) is 26.8 Å². The van der Waals surface area contributed by atoms with E-state index in [0.717, 1.165) is 32.2 Å². The molecule has 0 aliphatic rings. The van der Waals surface area contributed by atoms with Crippen LogP contribution in [0.2, 0.25) is 0 Å². The van der Waals surface area contributed by atoms with Crippen LogP contribution in [0.15, 0.2) is 0 Å². The highest BCUT2D eigenvalue weighted by Crippen LogP contribution is 2.06. The molecule has 0 spiro atoms. The maximum Gasteiger partial charge on any atom is 0.146 e. The molecule has 3 heteroatoms. The smallest absolute Gasteiger partial charge is 0.146 e. The first-order valence-electron chi connectivity index (χ1n) is 5.42. The summed E-state index contributed by atoms with van der Waals surface area (Å²) >= 11 is 0. The highest BCUT2D eigenvalue weighted by Gasteiger charge is 1.91. The molecule has 0 aliphatic heterocycles. The Morgan fingerprint density at radius 1 is 1.00 bits per heavy atom. The van der Waals surface area contributed by atoms with Crippen LogP contribution in [0.3, 0.4) is 0 Å². The third kappa shape index (κ3) is 11.6. The zero-order valence-corrected chi connectivity index (χ0v) is 9.17. The second-order valence-electron chi connectivity index (χ2n) is 3.39. The third-order valence-electron chi connectivity index (χ3n) is 2.06.